The van der Waals surface area contributed by atoms with Gasteiger partial charge in [0.15, 0.2) is 0 Å². The van der Waals surface area contributed by atoms with Crippen LogP contribution in [0.15, 0.2) is 42.5 Å². The van der Waals surface area contributed by atoms with E-state index in [0.717, 1.165) is 25.7 Å². The van der Waals surface area contributed by atoms with E-state index < -0.39 is 11.6 Å². The van der Waals surface area contributed by atoms with Crippen LogP contribution in [0.2, 0.25) is 0 Å². The minimum Gasteiger partial charge on any atom is -0.332 e. The fourth-order valence-corrected chi connectivity index (χ4v) is 2.80. The van der Waals surface area contributed by atoms with Gasteiger partial charge in [0.05, 0.1) is 6.54 Å². The summed E-state index contributed by atoms with van der Waals surface area (Å²) in [5.74, 6) is -1.41. The summed E-state index contributed by atoms with van der Waals surface area (Å²) in [6, 6.07) is 3.85. The van der Waals surface area contributed by atoms with Crippen LogP contribution in [0.5, 0.6) is 0 Å². The Bertz CT molecular complexity index is 554. The highest BCUT2D eigenvalue weighted by Gasteiger charge is 2.27. The molecule has 0 radical (unpaired) electrons. The third-order valence-electron chi connectivity index (χ3n) is 3.98. The topological polar surface area (TPSA) is 20.3 Å². The SMILES string of the molecule is CC=CC=CC(=O)N(Cc1c(F)cccc1F)C1CCCC1. The summed E-state index contributed by atoms with van der Waals surface area (Å²) >= 11 is 0. The molecule has 0 unspecified atom stereocenters. The number of carbonyl (C=O) groups excluding carboxylic acids is 1. The zero-order valence-corrected chi connectivity index (χ0v) is 12.8. The van der Waals surface area contributed by atoms with E-state index in [9.17, 15) is 13.6 Å². The van der Waals surface area contributed by atoms with E-state index in [1.54, 1.807) is 17.1 Å². The number of benzene rings is 1. The third kappa shape index (κ3) is 4.03. The maximum Gasteiger partial charge on any atom is 0.247 e. The Morgan fingerprint density at radius 3 is 2.45 bits per heavy atom. The van der Waals surface area contributed by atoms with Gasteiger partial charge in [-0.25, -0.2) is 8.78 Å². The molecule has 2 nitrogen and oxygen atoms in total. The minimum atomic E-state index is -0.603. The number of nitrogens with zero attached hydrogens (tertiary/aromatic N) is 1. The number of halogens is 2. The molecule has 1 fully saturated rings. The Morgan fingerprint density at radius 1 is 1.23 bits per heavy atom. The van der Waals surface area contributed by atoms with E-state index >= 15 is 0 Å². The molecule has 0 atom stereocenters. The molecule has 0 heterocycles. The van der Waals surface area contributed by atoms with E-state index in [0.29, 0.717) is 0 Å². The second-order valence-corrected chi connectivity index (χ2v) is 5.49. The first-order chi connectivity index (χ1) is 10.6. The minimum absolute atomic E-state index is 0.0256. The van der Waals surface area contributed by atoms with Crippen LogP contribution < -0.4 is 0 Å². The summed E-state index contributed by atoms with van der Waals surface area (Å²) in [5.41, 5.74) is -0.0396. The lowest BCUT2D eigenvalue weighted by atomic mass is 10.1. The second kappa shape index (κ2) is 7.87. The molecule has 0 N–H and O–H groups in total. The van der Waals surface area contributed by atoms with Crippen molar-refractivity contribution in [2.45, 2.75) is 45.2 Å². The molecule has 1 aromatic rings. The number of allylic oxidation sites excluding steroid dienone is 3. The molecule has 0 bridgehead atoms. The molecule has 1 aromatic carbocycles. The Hall–Kier alpha value is -1.97. The summed E-state index contributed by atoms with van der Waals surface area (Å²) in [4.78, 5) is 14.0. The lowest BCUT2D eigenvalue weighted by molar-refractivity contribution is -0.128. The molecule has 1 amide bonds. The van der Waals surface area contributed by atoms with Crippen LogP contribution in [0.25, 0.3) is 0 Å². The quantitative estimate of drug-likeness (QED) is 0.584. The third-order valence-corrected chi connectivity index (χ3v) is 3.98. The molecule has 0 aliphatic heterocycles. The van der Waals surface area contributed by atoms with Crippen LogP contribution in [-0.4, -0.2) is 16.8 Å². The zero-order chi connectivity index (χ0) is 15.9. The average molecular weight is 305 g/mol. The number of amides is 1. The molecule has 0 spiro atoms. The smallest absolute Gasteiger partial charge is 0.247 e. The number of rotatable bonds is 5. The molecule has 22 heavy (non-hydrogen) atoms. The van der Waals surface area contributed by atoms with Gasteiger partial charge < -0.3 is 4.90 Å². The van der Waals surface area contributed by atoms with Crippen LogP contribution in [0.4, 0.5) is 8.78 Å². The molecule has 1 aliphatic rings. The first kappa shape index (κ1) is 16.4. The van der Waals surface area contributed by atoms with E-state index in [-0.39, 0.29) is 24.1 Å². The van der Waals surface area contributed by atoms with Gasteiger partial charge in [0.25, 0.3) is 0 Å². The van der Waals surface area contributed by atoms with Gasteiger partial charge in [-0.15, -0.1) is 0 Å². The monoisotopic (exact) mass is 305 g/mol. The van der Waals surface area contributed by atoms with Gasteiger partial charge in [0.1, 0.15) is 11.6 Å². The van der Waals surface area contributed by atoms with Gasteiger partial charge in [0.2, 0.25) is 5.91 Å². The van der Waals surface area contributed by atoms with Crippen LogP contribution >= 0.6 is 0 Å². The van der Waals surface area contributed by atoms with Crippen molar-refractivity contribution < 1.29 is 13.6 Å². The molecule has 1 aliphatic carbocycles. The molecule has 0 saturated heterocycles. The molecular formula is C18H21F2NO. The van der Waals surface area contributed by atoms with Crippen molar-refractivity contribution in [1.82, 2.24) is 4.90 Å². The molecule has 0 aromatic heterocycles. The fourth-order valence-electron chi connectivity index (χ4n) is 2.80. The van der Waals surface area contributed by atoms with Gasteiger partial charge >= 0.3 is 0 Å². The Morgan fingerprint density at radius 2 is 1.86 bits per heavy atom. The summed E-state index contributed by atoms with van der Waals surface area (Å²) in [6.45, 7) is 1.83. The summed E-state index contributed by atoms with van der Waals surface area (Å²) in [7, 11) is 0. The molecule has 2 rings (SSSR count). The second-order valence-electron chi connectivity index (χ2n) is 5.49. The van der Waals surface area contributed by atoms with Crippen molar-refractivity contribution >= 4 is 5.91 Å². The predicted octanol–water partition coefficient (Wildman–Crippen LogP) is 4.37. The first-order valence-electron chi connectivity index (χ1n) is 7.66. The van der Waals surface area contributed by atoms with Crippen LogP contribution in [-0.2, 0) is 11.3 Å². The van der Waals surface area contributed by atoms with Gasteiger partial charge in [-0.3, -0.25) is 4.79 Å². The van der Waals surface area contributed by atoms with Gasteiger partial charge in [-0.05, 0) is 31.9 Å². The zero-order valence-electron chi connectivity index (χ0n) is 12.8. The van der Waals surface area contributed by atoms with Gasteiger partial charge in [0, 0.05) is 17.7 Å². The fraction of sp³-hybridized carbons (Fsp3) is 0.389. The van der Waals surface area contributed by atoms with Crippen molar-refractivity contribution in [3.05, 3.63) is 59.7 Å². The highest BCUT2D eigenvalue weighted by atomic mass is 19.1. The Balaban J connectivity index is 2.22. The highest BCUT2D eigenvalue weighted by Crippen LogP contribution is 2.26. The van der Waals surface area contributed by atoms with E-state index in [1.165, 1.54) is 24.3 Å². The van der Waals surface area contributed by atoms with Gasteiger partial charge in [-0.1, -0.05) is 37.1 Å². The largest absolute Gasteiger partial charge is 0.332 e. The van der Waals surface area contributed by atoms with E-state index in [4.69, 9.17) is 0 Å². The normalized spacial score (nSPS) is 16.0. The van der Waals surface area contributed by atoms with E-state index in [2.05, 4.69) is 0 Å². The maximum atomic E-state index is 13.9. The van der Waals surface area contributed by atoms with Crippen LogP contribution in [0.3, 0.4) is 0 Å². The van der Waals surface area contributed by atoms with Crippen molar-refractivity contribution in [2.75, 3.05) is 0 Å². The van der Waals surface area contributed by atoms with Crippen molar-refractivity contribution in [3.63, 3.8) is 0 Å². The Kier molecular flexibility index (Phi) is 5.87. The molecule has 1 saturated carbocycles. The Labute approximate surface area is 130 Å². The summed E-state index contributed by atoms with van der Waals surface area (Å²) in [5, 5.41) is 0. The van der Waals surface area contributed by atoms with E-state index in [1.807, 2.05) is 13.0 Å². The van der Waals surface area contributed by atoms with Crippen molar-refractivity contribution in [1.29, 1.82) is 0 Å². The summed E-state index contributed by atoms with van der Waals surface area (Å²) < 4.78 is 27.7. The van der Waals surface area contributed by atoms with Crippen LogP contribution in [0.1, 0.15) is 38.2 Å². The number of hydrogen-bond donors (Lipinski definition) is 0. The molecular weight excluding hydrogens is 284 g/mol. The highest BCUT2D eigenvalue weighted by molar-refractivity contribution is 5.88. The van der Waals surface area contributed by atoms with Crippen molar-refractivity contribution in [3.8, 4) is 0 Å². The lowest BCUT2D eigenvalue weighted by Crippen LogP contribution is -2.37. The number of carbonyl (C=O) groups is 1. The average Bonchev–Trinajstić information content (AvgIpc) is 3.01. The standard InChI is InChI=1S/C18H21F2NO/c1-2-3-4-12-18(22)21(14-8-5-6-9-14)13-15-16(19)10-7-11-17(15)20/h2-4,7,10-12,14H,5-6,8-9,13H2,1H3. The lowest BCUT2D eigenvalue weighted by Gasteiger charge is -2.28. The molecule has 4 heteroatoms. The number of hydrogen-bond acceptors (Lipinski definition) is 1. The van der Waals surface area contributed by atoms with Gasteiger partial charge in [-0.2, -0.15) is 0 Å². The maximum absolute atomic E-state index is 13.9. The van der Waals surface area contributed by atoms with Crippen molar-refractivity contribution in [2.24, 2.45) is 0 Å². The summed E-state index contributed by atoms with van der Waals surface area (Å²) in [6.07, 6.45) is 10.6. The van der Waals surface area contributed by atoms with Crippen LogP contribution in [0, 0.1) is 11.6 Å². The predicted molar refractivity (Wildman–Crippen MR) is 83.1 cm³/mol. The molecule has 118 valence electrons. The first-order valence-corrected chi connectivity index (χ1v) is 7.66.